The lowest BCUT2D eigenvalue weighted by Crippen LogP contribution is -2.31. The molecule has 0 aliphatic heterocycles. The van der Waals surface area contributed by atoms with Crippen LogP contribution in [-0.4, -0.2) is 27.1 Å². The Balaban J connectivity index is 1.79. The van der Waals surface area contributed by atoms with E-state index in [2.05, 4.69) is 12.0 Å². The quantitative estimate of drug-likeness (QED) is 0.690. The fourth-order valence-electron chi connectivity index (χ4n) is 2.66. The van der Waals surface area contributed by atoms with Crippen LogP contribution in [0.2, 0.25) is 0 Å². The van der Waals surface area contributed by atoms with Gasteiger partial charge in [-0.3, -0.25) is 4.79 Å². The molecule has 0 saturated carbocycles. The van der Waals surface area contributed by atoms with Gasteiger partial charge in [0.15, 0.2) is 0 Å². The predicted octanol–water partition coefficient (Wildman–Crippen LogP) is 3.92. The minimum Gasteiger partial charge on any atom is -0.334 e. The van der Waals surface area contributed by atoms with Crippen molar-refractivity contribution < 1.29 is 4.79 Å². The highest BCUT2D eigenvalue weighted by Gasteiger charge is 2.17. The molecule has 0 radical (unpaired) electrons. The van der Waals surface area contributed by atoms with E-state index in [-0.39, 0.29) is 5.91 Å². The summed E-state index contributed by atoms with van der Waals surface area (Å²) in [5, 5.41) is 4.33. The lowest BCUT2D eigenvalue weighted by Gasteiger charge is -2.21. The summed E-state index contributed by atoms with van der Waals surface area (Å²) in [6.45, 7) is 3.42. The highest BCUT2D eigenvalue weighted by atomic mass is 16.2. The molecule has 0 aliphatic rings. The van der Waals surface area contributed by atoms with Crippen molar-refractivity contribution >= 4 is 5.91 Å². The topological polar surface area (TPSA) is 38.1 Å². The number of benzene rings is 2. The summed E-state index contributed by atoms with van der Waals surface area (Å²) in [5.74, 6) is 0.0166. The van der Waals surface area contributed by atoms with Crippen LogP contribution in [-0.2, 0) is 6.54 Å². The van der Waals surface area contributed by atoms with Gasteiger partial charge < -0.3 is 4.90 Å². The predicted molar refractivity (Wildman–Crippen MR) is 95.0 cm³/mol. The second-order valence-electron chi connectivity index (χ2n) is 5.72. The van der Waals surface area contributed by atoms with Gasteiger partial charge in [0.25, 0.3) is 5.91 Å². The van der Waals surface area contributed by atoms with Crippen LogP contribution < -0.4 is 0 Å². The summed E-state index contributed by atoms with van der Waals surface area (Å²) in [6.07, 6.45) is 4.36. The van der Waals surface area contributed by atoms with Crippen molar-refractivity contribution in [2.75, 3.05) is 6.54 Å². The first-order valence-corrected chi connectivity index (χ1v) is 8.21. The minimum atomic E-state index is 0.0166. The van der Waals surface area contributed by atoms with E-state index in [0.717, 1.165) is 24.2 Å². The summed E-state index contributed by atoms with van der Waals surface area (Å²) >= 11 is 0. The third-order valence-electron chi connectivity index (χ3n) is 3.85. The van der Waals surface area contributed by atoms with E-state index in [1.165, 1.54) is 0 Å². The summed E-state index contributed by atoms with van der Waals surface area (Å²) in [4.78, 5) is 14.7. The summed E-state index contributed by atoms with van der Waals surface area (Å²) in [7, 11) is 0. The zero-order valence-electron chi connectivity index (χ0n) is 13.8. The van der Waals surface area contributed by atoms with E-state index in [1.54, 1.807) is 17.1 Å². The van der Waals surface area contributed by atoms with Crippen LogP contribution in [0, 0.1) is 0 Å². The molecule has 0 spiro atoms. The number of rotatable bonds is 6. The summed E-state index contributed by atoms with van der Waals surface area (Å²) < 4.78 is 1.74. The van der Waals surface area contributed by atoms with Crippen molar-refractivity contribution in [1.82, 2.24) is 14.7 Å². The van der Waals surface area contributed by atoms with Gasteiger partial charge in [-0.25, -0.2) is 4.68 Å². The van der Waals surface area contributed by atoms with Crippen molar-refractivity contribution in [2.24, 2.45) is 0 Å². The molecule has 0 unspecified atom stereocenters. The van der Waals surface area contributed by atoms with Gasteiger partial charge in [0.05, 0.1) is 17.4 Å². The number of carbonyl (C=O) groups excluding carboxylic acids is 1. The molecule has 1 heterocycles. The standard InChI is InChI=1S/C20H21N3O/c1-2-13-22(15-17-9-5-3-6-10-17)20(24)18-14-21-23(16-18)19-11-7-4-8-12-19/h3-12,14,16H,2,13,15H2,1H3. The third-order valence-corrected chi connectivity index (χ3v) is 3.85. The van der Waals surface area contributed by atoms with Crippen molar-refractivity contribution in [3.05, 3.63) is 84.2 Å². The average Bonchev–Trinajstić information content (AvgIpc) is 3.12. The van der Waals surface area contributed by atoms with Gasteiger partial charge in [-0.2, -0.15) is 5.10 Å². The molecule has 0 atom stereocenters. The maximum absolute atomic E-state index is 12.9. The Morgan fingerprint density at radius 1 is 1.04 bits per heavy atom. The number of amides is 1. The maximum Gasteiger partial charge on any atom is 0.257 e. The van der Waals surface area contributed by atoms with Gasteiger partial charge in [0, 0.05) is 19.3 Å². The zero-order valence-corrected chi connectivity index (χ0v) is 13.8. The highest BCUT2D eigenvalue weighted by Crippen LogP contribution is 2.13. The summed E-state index contributed by atoms with van der Waals surface area (Å²) in [5.41, 5.74) is 2.69. The van der Waals surface area contributed by atoms with Crippen molar-refractivity contribution in [1.29, 1.82) is 0 Å². The number of para-hydroxylation sites is 1. The molecule has 4 nitrogen and oxygen atoms in total. The van der Waals surface area contributed by atoms with Gasteiger partial charge in [-0.1, -0.05) is 55.5 Å². The fourth-order valence-corrected chi connectivity index (χ4v) is 2.66. The van der Waals surface area contributed by atoms with Crippen LogP contribution in [0.15, 0.2) is 73.1 Å². The van der Waals surface area contributed by atoms with Crippen molar-refractivity contribution in [3.63, 3.8) is 0 Å². The molecule has 0 N–H and O–H groups in total. The first kappa shape index (κ1) is 16.0. The average molecular weight is 319 g/mol. The number of aromatic nitrogens is 2. The fraction of sp³-hybridized carbons (Fsp3) is 0.200. The third kappa shape index (κ3) is 3.71. The molecule has 24 heavy (non-hydrogen) atoms. The second-order valence-corrected chi connectivity index (χ2v) is 5.72. The van der Waals surface area contributed by atoms with E-state index >= 15 is 0 Å². The Bertz CT molecular complexity index is 781. The molecule has 1 aromatic heterocycles. The first-order valence-electron chi connectivity index (χ1n) is 8.21. The molecular formula is C20H21N3O. The Kier molecular flexibility index (Phi) is 5.06. The lowest BCUT2D eigenvalue weighted by molar-refractivity contribution is 0.0743. The lowest BCUT2D eigenvalue weighted by atomic mass is 10.2. The zero-order chi connectivity index (χ0) is 16.8. The first-order chi connectivity index (χ1) is 11.8. The number of carbonyl (C=O) groups is 1. The normalized spacial score (nSPS) is 10.5. The monoisotopic (exact) mass is 319 g/mol. The molecular weight excluding hydrogens is 298 g/mol. The molecule has 0 saturated heterocycles. The van der Waals surface area contributed by atoms with Crippen LogP contribution in [0.25, 0.3) is 5.69 Å². The molecule has 2 aromatic carbocycles. The van der Waals surface area contributed by atoms with Crippen LogP contribution in [0.4, 0.5) is 0 Å². The summed E-state index contributed by atoms with van der Waals surface area (Å²) in [6, 6.07) is 19.9. The van der Waals surface area contributed by atoms with E-state index in [0.29, 0.717) is 12.1 Å². The van der Waals surface area contributed by atoms with Gasteiger partial charge in [-0.05, 0) is 24.1 Å². The van der Waals surface area contributed by atoms with Gasteiger partial charge in [-0.15, -0.1) is 0 Å². The molecule has 122 valence electrons. The Labute approximate surface area is 142 Å². The highest BCUT2D eigenvalue weighted by molar-refractivity contribution is 5.93. The molecule has 1 amide bonds. The van der Waals surface area contributed by atoms with Gasteiger partial charge in [0.2, 0.25) is 0 Å². The number of hydrogen-bond donors (Lipinski definition) is 0. The Hall–Kier alpha value is -2.88. The van der Waals surface area contributed by atoms with Gasteiger partial charge >= 0.3 is 0 Å². The number of nitrogens with zero attached hydrogens (tertiary/aromatic N) is 3. The Morgan fingerprint density at radius 2 is 1.71 bits per heavy atom. The molecule has 0 fully saturated rings. The van der Waals surface area contributed by atoms with E-state index in [4.69, 9.17) is 0 Å². The van der Waals surface area contributed by atoms with Crippen molar-refractivity contribution in [2.45, 2.75) is 19.9 Å². The minimum absolute atomic E-state index is 0.0166. The van der Waals surface area contributed by atoms with E-state index < -0.39 is 0 Å². The van der Waals surface area contributed by atoms with Crippen molar-refractivity contribution in [3.8, 4) is 5.69 Å². The molecule has 3 aromatic rings. The molecule has 4 heteroatoms. The van der Waals surface area contributed by atoms with Crippen LogP contribution >= 0.6 is 0 Å². The van der Waals surface area contributed by atoms with Crippen LogP contribution in [0.5, 0.6) is 0 Å². The molecule has 0 aliphatic carbocycles. The van der Waals surface area contributed by atoms with E-state index in [1.807, 2.05) is 65.6 Å². The number of hydrogen-bond acceptors (Lipinski definition) is 2. The van der Waals surface area contributed by atoms with Crippen LogP contribution in [0.1, 0.15) is 29.3 Å². The smallest absolute Gasteiger partial charge is 0.257 e. The van der Waals surface area contributed by atoms with Gasteiger partial charge in [0.1, 0.15) is 0 Å². The molecule has 0 bridgehead atoms. The second kappa shape index (κ2) is 7.59. The maximum atomic E-state index is 12.9. The van der Waals surface area contributed by atoms with Crippen LogP contribution in [0.3, 0.4) is 0 Å². The Morgan fingerprint density at radius 3 is 2.38 bits per heavy atom. The largest absolute Gasteiger partial charge is 0.334 e. The van der Waals surface area contributed by atoms with E-state index in [9.17, 15) is 4.79 Å². The molecule has 3 rings (SSSR count). The SMILES string of the molecule is CCCN(Cc1ccccc1)C(=O)c1cnn(-c2ccccc2)c1.